The fourth-order valence-corrected chi connectivity index (χ4v) is 1.09. The Morgan fingerprint density at radius 3 is 2.33 bits per heavy atom. The summed E-state index contributed by atoms with van der Waals surface area (Å²) in [4.78, 5) is 10.8. The maximum absolute atomic E-state index is 10.8. The van der Waals surface area contributed by atoms with E-state index in [1.807, 2.05) is 6.07 Å². The highest BCUT2D eigenvalue weighted by Gasteiger charge is 2.24. The summed E-state index contributed by atoms with van der Waals surface area (Å²) in [5.74, 6) is -0.454. The standard InChI is InChI=1S/C10H15NO4/c1-7(6-11)5-9(15-8(2)12)10(13-3)14-4/h9-10H,1,5H2,2-4H3/t9-/m1/s1. The van der Waals surface area contributed by atoms with Crippen LogP contribution in [0.3, 0.4) is 0 Å². The van der Waals surface area contributed by atoms with E-state index in [1.165, 1.54) is 21.1 Å². The van der Waals surface area contributed by atoms with E-state index in [0.717, 1.165) is 0 Å². The summed E-state index contributed by atoms with van der Waals surface area (Å²) >= 11 is 0. The molecule has 84 valence electrons. The van der Waals surface area contributed by atoms with Gasteiger partial charge in [0.1, 0.15) is 0 Å². The number of esters is 1. The summed E-state index contributed by atoms with van der Waals surface area (Å²) in [6, 6.07) is 1.87. The van der Waals surface area contributed by atoms with Gasteiger partial charge in [0.05, 0.1) is 6.07 Å². The number of hydrogen-bond donors (Lipinski definition) is 0. The Kier molecular flexibility index (Phi) is 6.34. The second kappa shape index (κ2) is 6.98. The van der Waals surface area contributed by atoms with Crippen molar-refractivity contribution >= 4 is 5.97 Å². The zero-order chi connectivity index (χ0) is 11.8. The van der Waals surface area contributed by atoms with Crippen LogP contribution < -0.4 is 0 Å². The summed E-state index contributed by atoms with van der Waals surface area (Å²) < 4.78 is 14.9. The number of nitrogens with zero attached hydrogens (tertiary/aromatic N) is 1. The molecule has 0 aromatic heterocycles. The third-order valence-corrected chi connectivity index (χ3v) is 1.69. The lowest BCUT2D eigenvalue weighted by Crippen LogP contribution is -2.34. The molecule has 5 nitrogen and oxygen atoms in total. The lowest BCUT2D eigenvalue weighted by molar-refractivity contribution is -0.189. The van der Waals surface area contributed by atoms with Crippen molar-refractivity contribution < 1.29 is 19.0 Å². The van der Waals surface area contributed by atoms with Gasteiger partial charge in [-0.05, 0) is 0 Å². The first-order valence-electron chi connectivity index (χ1n) is 4.35. The molecule has 0 spiro atoms. The molecule has 0 saturated carbocycles. The average Bonchev–Trinajstić information content (AvgIpc) is 2.18. The molecule has 0 amide bonds. The molecule has 0 fully saturated rings. The average molecular weight is 213 g/mol. The number of carbonyl (C=O) groups is 1. The van der Waals surface area contributed by atoms with Crippen LogP contribution in [0.2, 0.25) is 0 Å². The van der Waals surface area contributed by atoms with Crippen molar-refractivity contribution in [3.8, 4) is 6.07 Å². The van der Waals surface area contributed by atoms with Gasteiger partial charge in [-0.3, -0.25) is 4.79 Å². The lowest BCUT2D eigenvalue weighted by Gasteiger charge is -2.23. The SMILES string of the molecule is C=C(C#N)C[C@@H](OC(C)=O)C(OC)OC. The van der Waals surface area contributed by atoms with Gasteiger partial charge < -0.3 is 14.2 Å². The van der Waals surface area contributed by atoms with Crippen molar-refractivity contribution in [3.05, 3.63) is 12.2 Å². The third kappa shape index (κ3) is 5.15. The van der Waals surface area contributed by atoms with Gasteiger partial charge in [0, 0.05) is 33.1 Å². The monoisotopic (exact) mass is 213 g/mol. The fourth-order valence-electron chi connectivity index (χ4n) is 1.09. The first-order valence-corrected chi connectivity index (χ1v) is 4.35. The molecule has 0 bridgehead atoms. The van der Waals surface area contributed by atoms with E-state index in [2.05, 4.69) is 6.58 Å². The van der Waals surface area contributed by atoms with Crippen LogP contribution in [0.1, 0.15) is 13.3 Å². The molecule has 0 radical (unpaired) electrons. The number of ether oxygens (including phenoxy) is 3. The highest BCUT2D eigenvalue weighted by Crippen LogP contribution is 2.13. The molecule has 0 unspecified atom stereocenters. The second-order valence-corrected chi connectivity index (χ2v) is 2.91. The zero-order valence-corrected chi connectivity index (χ0v) is 9.15. The molecular formula is C10H15NO4. The molecule has 0 saturated heterocycles. The van der Waals surface area contributed by atoms with Gasteiger partial charge in [0.15, 0.2) is 12.4 Å². The van der Waals surface area contributed by atoms with Crippen LogP contribution in [0.25, 0.3) is 0 Å². The first kappa shape index (κ1) is 13.6. The minimum Gasteiger partial charge on any atom is -0.457 e. The van der Waals surface area contributed by atoms with Gasteiger partial charge >= 0.3 is 5.97 Å². The number of rotatable bonds is 6. The van der Waals surface area contributed by atoms with Gasteiger partial charge in [0.25, 0.3) is 0 Å². The Balaban J connectivity index is 4.49. The van der Waals surface area contributed by atoms with Crippen molar-refractivity contribution in [2.24, 2.45) is 0 Å². The molecule has 1 atom stereocenters. The summed E-state index contributed by atoms with van der Waals surface area (Å²) in [5, 5.41) is 8.57. The number of carbonyl (C=O) groups excluding carboxylic acids is 1. The summed E-state index contributed by atoms with van der Waals surface area (Å²) in [7, 11) is 2.86. The molecule has 0 aliphatic rings. The molecule has 15 heavy (non-hydrogen) atoms. The minimum atomic E-state index is -0.695. The van der Waals surface area contributed by atoms with E-state index in [0.29, 0.717) is 5.57 Å². The van der Waals surface area contributed by atoms with Crippen LogP contribution in [0.15, 0.2) is 12.2 Å². The Morgan fingerprint density at radius 1 is 1.47 bits per heavy atom. The Bertz CT molecular complexity index is 265. The highest BCUT2D eigenvalue weighted by molar-refractivity contribution is 5.66. The molecule has 0 aromatic rings. The topological polar surface area (TPSA) is 68.5 Å². The molecule has 0 N–H and O–H groups in total. The third-order valence-electron chi connectivity index (χ3n) is 1.69. The molecular weight excluding hydrogens is 198 g/mol. The van der Waals surface area contributed by atoms with Crippen LogP contribution in [0.5, 0.6) is 0 Å². The van der Waals surface area contributed by atoms with Crippen molar-refractivity contribution in [1.82, 2.24) is 0 Å². The van der Waals surface area contributed by atoms with Crippen LogP contribution in [-0.4, -0.2) is 32.6 Å². The Labute approximate surface area is 89.2 Å². The first-order chi connectivity index (χ1) is 7.04. The van der Waals surface area contributed by atoms with E-state index < -0.39 is 18.4 Å². The van der Waals surface area contributed by atoms with Gasteiger partial charge in [-0.2, -0.15) is 5.26 Å². The van der Waals surface area contributed by atoms with E-state index >= 15 is 0 Å². The lowest BCUT2D eigenvalue weighted by atomic mass is 10.1. The van der Waals surface area contributed by atoms with Crippen molar-refractivity contribution in [1.29, 1.82) is 5.26 Å². The van der Waals surface area contributed by atoms with Crippen LogP contribution in [-0.2, 0) is 19.0 Å². The van der Waals surface area contributed by atoms with Gasteiger partial charge in [-0.1, -0.05) is 6.58 Å². The van der Waals surface area contributed by atoms with Crippen molar-refractivity contribution in [2.45, 2.75) is 25.7 Å². The molecule has 5 heteroatoms. The van der Waals surface area contributed by atoms with Gasteiger partial charge in [-0.15, -0.1) is 0 Å². The smallest absolute Gasteiger partial charge is 0.303 e. The van der Waals surface area contributed by atoms with Crippen LogP contribution >= 0.6 is 0 Å². The molecule has 0 heterocycles. The number of nitriles is 1. The molecule has 0 aliphatic carbocycles. The quantitative estimate of drug-likeness (QED) is 0.374. The van der Waals surface area contributed by atoms with Gasteiger partial charge in [0.2, 0.25) is 0 Å². The summed E-state index contributed by atoms with van der Waals surface area (Å²) in [5.41, 5.74) is 0.306. The summed E-state index contributed by atoms with van der Waals surface area (Å²) in [6.45, 7) is 4.79. The minimum absolute atomic E-state index is 0.197. The maximum Gasteiger partial charge on any atom is 0.303 e. The van der Waals surface area contributed by atoms with Gasteiger partial charge in [-0.25, -0.2) is 0 Å². The zero-order valence-electron chi connectivity index (χ0n) is 9.15. The van der Waals surface area contributed by atoms with E-state index in [-0.39, 0.29) is 6.42 Å². The predicted octanol–water partition coefficient (Wildman–Crippen LogP) is 1.01. The van der Waals surface area contributed by atoms with E-state index in [1.54, 1.807) is 0 Å². The Hall–Kier alpha value is -1.38. The van der Waals surface area contributed by atoms with Crippen molar-refractivity contribution in [2.75, 3.05) is 14.2 Å². The van der Waals surface area contributed by atoms with Crippen molar-refractivity contribution in [3.63, 3.8) is 0 Å². The highest BCUT2D eigenvalue weighted by atomic mass is 16.7. The molecule has 0 aromatic carbocycles. The predicted molar refractivity (Wildman–Crippen MR) is 52.7 cm³/mol. The summed E-state index contributed by atoms with van der Waals surface area (Å²) in [6.07, 6.45) is -1.15. The number of hydrogen-bond acceptors (Lipinski definition) is 5. The van der Waals surface area contributed by atoms with Crippen LogP contribution in [0, 0.1) is 11.3 Å². The van der Waals surface area contributed by atoms with E-state index in [4.69, 9.17) is 19.5 Å². The largest absolute Gasteiger partial charge is 0.457 e. The molecule has 0 aliphatic heterocycles. The second-order valence-electron chi connectivity index (χ2n) is 2.91. The van der Waals surface area contributed by atoms with E-state index in [9.17, 15) is 4.79 Å². The van der Waals surface area contributed by atoms with Crippen LogP contribution in [0.4, 0.5) is 0 Å². The fraction of sp³-hybridized carbons (Fsp3) is 0.600. The Morgan fingerprint density at radius 2 is 2.00 bits per heavy atom. The molecule has 0 rings (SSSR count). The normalized spacial score (nSPS) is 11.9. The number of methoxy groups -OCH3 is 2. The maximum atomic E-state index is 10.8.